The fourth-order valence-corrected chi connectivity index (χ4v) is 1.25. The number of nitrogens with zero attached hydrogens (tertiary/aromatic N) is 2. The zero-order valence-electron chi connectivity index (χ0n) is 8.01. The van der Waals surface area contributed by atoms with Crippen LogP contribution in [0.15, 0.2) is 42.7 Å². The van der Waals surface area contributed by atoms with Gasteiger partial charge in [-0.2, -0.15) is 0 Å². The highest BCUT2D eigenvalue weighted by Gasteiger charge is 2.01. The molecule has 74 valence electrons. The van der Waals surface area contributed by atoms with Crippen LogP contribution in [0.2, 0.25) is 0 Å². The van der Waals surface area contributed by atoms with Crippen LogP contribution in [-0.2, 0) is 0 Å². The highest BCUT2D eigenvalue weighted by atomic mass is 14.9. The lowest BCUT2D eigenvalue weighted by Crippen LogP contribution is -2.14. The lowest BCUT2D eigenvalue weighted by atomic mass is 10.1. The van der Waals surface area contributed by atoms with Crippen molar-refractivity contribution in [3.05, 3.63) is 48.5 Å². The molecule has 0 radical (unpaired) electrons. The summed E-state index contributed by atoms with van der Waals surface area (Å²) in [6.45, 7) is 0. The van der Waals surface area contributed by atoms with Gasteiger partial charge in [0.2, 0.25) is 0 Å². The predicted octanol–water partition coefficient (Wildman–Crippen LogP) is 1.43. The smallest absolute Gasteiger partial charge is 0.194 e. The SMILES string of the molecule is N=C(N)c1ncc(-c2ccccc2)cn1. The summed E-state index contributed by atoms with van der Waals surface area (Å²) in [4.78, 5) is 7.99. The van der Waals surface area contributed by atoms with E-state index in [1.54, 1.807) is 12.4 Å². The van der Waals surface area contributed by atoms with Crippen molar-refractivity contribution in [1.29, 1.82) is 5.41 Å². The molecule has 0 amide bonds. The van der Waals surface area contributed by atoms with Gasteiger partial charge in [0, 0.05) is 18.0 Å². The Morgan fingerprint density at radius 2 is 1.60 bits per heavy atom. The van der Waals surface area contributed by atoms with E-state index in [-0.39, 0.29) is 11.7 Å². The van der Waals surface area contributed by atoms with Crippen molar-refractivity contribution >= 4 is 5.84 Å². The van der Waals surface area contributed by atoms with E-state index in [0.717, 1.165) is 11.1 Å². The summed E-state index contributed by atoms with van der Waals surface area (Å²) in [5, 5.41) is 7.16. The Morgan fingerprint density at radius 3 is 2.13 bits per heavy atom. The van der Waals surface area contributed by atoms with Crippen molar-refractivity contribution in [2.45, 2.75) is 0 Å². The number of aromatic nitrogens is 2. The Labute approximate surface area is 87.3 Å². The molecule has 0 atom stereocenters. The molecule has 15 heavy (non-hydrogen) atoms. The van der Waals surface area contributed by atoms with Crippen molar-refractivity contribution in [2.24, 2.45) is 5.73 Å². The summed E-state index contributed by atoms with van der Waals surface area (Å²) in [6.07, 6.45) is 3.33. The van der Waals surface area contributed by atoms with Gasteiger partial charge < -0.3 is 5.73 Å². The molecule has 0 bridgehead atoms. The molecule has 2 aromatic rings. The topological polar surface area (TPSA) is 75.7 Å². The zero-order chi connectivity index (χ0) is 10.7. The van der Waals surface area contributed by atoms with Crippen LogP contribution in [0.25, 0.3) is 11.1 Å². The Bertz CT molecular complexity index is 462. The Balaban J connectivity index is 2.36. The second kappa shape index (κ2) is 3.88. The first-order valence-electron chi connectivity index (χ1n) is 4.49. The highest BCUT2D eigenvalue weighted by Crippen LogP contribution is 2.15. The first kappa shape index (κ1) is 9.33. The molecule has 3 N–H and O–H groups in total. The van der Waals surface area contributed by atoms with Crippen LogP contribution < -0.4 is 5.73 Å². The third-order valence-corrected chi connectivity index (χ3v) is 2.00. The molecule has 0 fully saturated rings. The average molecular weight is 198 g/mol. The normalized spacial score (nSPS) is 9.87. The second-order valence-electron chi connectivity index (χ2n) is 3.08. The molecule has 2 rings (SSSR count). The largest absolute Gasteiger partial charge is 0.381 e. The van der Waals surface area contributed by atoms with Crippen LogP contribution in [0.5, 0.6) is 0 Å². The maximum Gasteiger partial charge on any atom is 0.194 e. The fraction of sp³-hybridized carbons (Fsp3) is 0. The van der Waals surface area contributed by atoms with Crippen LogP contribution in [0.4, 0.5) is 0 Å². The lowest BCUT2D eigenvalue weighted by Gasteiger charge is -2.01. The summed E-state index contributed by atoms with van der Waals surface area (Å²) < 4.78 is 0. The van der Waals surface area contributed by atoms with Gasteiger partial charge in [0.1, 0.15) is 0 Å². The van der Waals surface area contributed by atoms with E-state index in [1.165, 1.54) is 0 Å². The lowest BCUT2D eigenvalue weighted by molar-refractivity contribution is 1.12. The molecule has 0 aliphatic carbocycles. The summed E-state index contributed by atoms with van der Waals surface area (Å²) >= 11 is 0. The van der Waals surface area contributed by atoms with Gasteiger partial charge in [0.15, 0.2) is 11.7 Å². The molecule has 1 aromatic heterocycles. The van der Waals surface area contributed by atoms with E-state index < -0.39 is 0 Å². The fourth-order valence-electron chi connectivity index (χ4n) is 1.25. The van der Waals surface area contributed by atoms with Crippen molar-refractivity contribution in [3.63, 3.8) is 0 Å². The third-order valence-electron chi connectivity index (χ3n) is 2.00. The molecular weight excluding hydrogens is 188 g/mol. The van der Waals surface area contributed by atoms with E-state index in [0.29, 0.717) is 0 Å². The molecule has 0 saturated carbocycles. The molecule has 1 heterocycles. The maximum atomic E-state index is 7.16. The van der Waals surface area contributed by atoms with Crippen molar-refractivity contribution < 1.29 is 0 Å². The number of nitrogen functional groups attached to an aromatic ring is 1. The molecule has 4 heteroatoms. The number of benzene rings is 1. The summed E-state index contributed by atoms with van der Waals surface area (Å²) in [6, 6.07) is 9.81. The average Bonchev–Trinajstić information content (AvgIpc) is 2.30. The molecule has 1 aromatic carbocycles. The van der Waals surface area contributed by atoms with Crippen LogP contribution in [0.3, 0.4) is 0 Å². The van der Waals surface area contributed by atoms with E-state index in [2.05, 4.69) is 9.97 Å². The molecule has 0 spiro atoms. The number of nitrogens with two attached hydrogens (primary N) is 1. The summed E-state index contributed by atoms with van der Waals surface area (Å²) in [7, 11) is 0. The van der Waals surface area contributed by atoms with Gasteiger partial charge in [-0.25, -0.2) is 9.97 Å². The van der Waals surface area contributed by atoms with E-state index in [1.807, 2.05) is 30.3 Å². The van der Waals surface area contributed by atoms with Gasteiger partial charge >= 0.3 is 0 Å². The standard InChI is InChI=1S/C11H10N4/c12-10(13)11-14-6-9(7-15-11)8-4-2-1-3-5-8/h1-7H,(H3,12,13). The van der Waals surface area contributed by atoms with Crippen molar-refractivity contribution in [2.75, 3.05) is 0 Å². The third kappa shape index (κ3) is 1.99. The van der Waals surface area contributed by atoms with Gasteiger partial charge in [-0.05, 0) is 5.56 Å². The number of nitrogens with one attached hydrogen (secondary N) is 1. The summed E-state index contributed by atoms with van der Waals surface area (Å²) in [5.41, 5.74) is 7.23. The summed E-state index contributed by atoms with van der Waals surface area (Å²) in [5.74, 6) is 0.143. The van der Waals surface area contributed by atoms with Crippen LogP contribution >= 0.6 is 0 Å². The number of hydrogen-bond donors (Lipinski definition) is 2. The number of hydrogen-bond acceptors (Lipinski definition) is 3. The predicted molar refractivity (Wildman–Crippen MR) is 58.5 cm³/mol. The Kier molecular flexibility index (Phi) is 2.41. The van der Waals surface area contributed by atoms with Crippen LogP contribution in [0, 0.1) is 5.41 Å². The van der Waals surface area contributed by atoms with Gasteiger partial charge in [0.05, 0.1) is 0 Å². The minimum absolute atomic E-state index is 0.116. The molecule has 4 nitrogen and oxygen atoms in total. The van der Waals surface area contributed by atoms with Crippen LogP contribution in [-0.4, -0.2) is 15.8 Å². The molecule has 0 aliphatic heterocycles. The van der Waals surface area contributed by atoms with E-state index in [4.69, 9.17) is 11.1 Å². The first-order valence-corrected chi connectivity index (χ1v) is 4.49. The molecule has 0 saturated heterocycles. The number of rotatable bonds is 2. The number of amidine groups is 1. The van der Waals surface area contributed by atoms with E-state index in [9.17, 15) is 0 Å². The monoisotopic (exact) mass is 198 g/mol. The van der Waals surface area contributed by atoms with Crippen molar-refractivity contribution in [3.8, 4) is 11.1 Å². The van der Waals surface area contributed by atoms with Gasteiger partial charge in [-0.15, -0.1) is 0 Å². The minimum Gasteiger partial charge on any atom is -0.381 e. The Hall–Kier alpha value is -2.23. The van der Waals surface area contributed by atoms with Gasteiger partial charge in [0.25, 0.3) is 0 Å². The van der Waals surface area contributed by atoms with Crippen molar-refractivity contribution in [1.82, 2.24) is 9.97 Å². The first-order chi connectivity index (χ1) is 7.27. The van der Waals surface area contributed by atoms with Crippen LogP contribution in [0.1, 0.15) is 5.82 Å². The Morgan fingerprint density at radius 1 is 1.00 bits per heavy atom. The minimum atomic E-state index is -0.116. The maximum absolute atomic E-state index is 7.16. The molecule has 0 unspecified atom stereocenters. The van der Waals surface area contributed by atoms with Gasteiger partial charge in [-0.1, -0.05) is 30.3 Å². The molecular formula is C11H10N4. The van der Waals surface area contributed by atoms with Gasteiger partial charge in [-0.3, -0.25) is 5.41 Å². The van der Waals surface area contributed by atoms with E-state index >= 15 is 0 Å². The molecule has 0 aliphatic rings. The highest BCUT2D eigenvalue weighted by molar-refractivity contribution is 5.91. The zero-order valence-corrected chi connectivity index (χ0v) is 8.01. The quantitative estimate of drug-likeness (QED) is 0.566. The second-order valence-corrected chi connectivity index (χ2v) is 3.08.